The highest BCUT2D eigenvalue weighted by Crippen LogP contribution is 2.31. The summed E-state index contributed by atoms with van der Waals surface area (Å²) in [6.45, 7) is 5.36. The summed E-state index contributed by atoms with van der Waals surface area (Å²) in [4.78, 5) is 13.0. The molecule has 6 nitrogen and oxygen atoms in total. The maximum absolute atomic E-state index is 13.0. The van der Waals surface area contributed by atoms with Crippen LogP contribution in [0.3, 0.4) is 0 Å². The zero-order chi connectivity index (χ0) is 22.3. The molecule has 1 heterocycles. The van der Waals surface area contributed by atoms with Gasteiger partial charge in [0.25, 0.3) is 0 Å². The fraction of sp³-hybridized carbons (Fsp3) is 0.208. The van der Waals surface area contributed by atoms with E-state index in [0.717, 1.165) is 38.0 Å². The minimum Gasteiger partial charge on any atom is -0.456 e. The van der Waals surface area contributed by atoms with Gasteiger partial charge >= 0.3 is 0 Å². The lowest BCUT2D eigenvalue weighted by Gasteiger charge is -2.28. The van der Waals surface area contributed by atoms with Crippen LogP contribution in [0.2, 0.25) is 0 Å². The summed E-state index contributed by atoms with van der Waals surface area (Å²) in [5, 5.41) is 4.78. The third kappa shape index (κ3) is 4.14. The number of para-hydroxylation sites is 1. The molecule has 0 aliphatic heterocycles. The molecule has 0 spiro atoms. The fourth-order valence-corrected chi connectivity index (χ4v) is 5.10. The number of fused-ring (bicyclic) bond motifs is 3. The number of hydrogen-bond donors (Lipinski definition) is 1. The van der Waals surface area contributed by atoms with E-state index in [0.29, 0.717) is 17.0 Å². The summed E-state index contributed by atoms with van der Waals surface area (Å²) >= 11 is 0. The van der Waals surface area contributed by atoms with Gasteiger partial charge in [-0.2, -0.15) is 0 Å². The van der Waals surface area contributed by atoms with Crippen LogP contribution in [0.15, 0.2) is 65.1 Å². The Hall–Kier alpha value is -3.32. The van der Waals surface area contributed by atoms with Gasteiger partial charge in [0.15, 0.2) is 0 Å². The highest BCUT2D eigenvalue weighted by Gasteiger charge is 2.29. The highest BCUT2D eigenvalue weighted by atomic mass is 32.2. The monoisotopic (exact) mass is 436 g/mol. The van der Waals surface area contributed by atoms with Crippen molar-refractivity contribution in [3.63, 3.8) is 0 Å². The van der Waals surface area contributed by atoms with E-state index < -0.39 is 22.0 Å². The van der Waals surface area contributed by atoms with E-state index in [4.69, 9.17) is 4.42 Å². The van der Waals surface area contributed by atoms with E-state index >= 15 is 0 Å². The van der Waals surface area contributed by atoms with Crippen molar-refractivity contribution in [2.75, 3.05) is 15.9 Å². The van der Waals surface area contributed by atoms with Crippen LogP contribution >= 0.6 is 0 Å². The maximum atomic E-state index is 13.0. The molecule has 0 aliphatic carbocycles. The van der Waals surface area contributed by atoms with Crippen LogP contribution in [-0.4, -0.2) is 26.6 Å². The van der Waals surface area contributed by atoms with Gasteiger partial charge in [-0.1, -0.05) is 24.3 Å². The average Bonchev–Trinajstić information content (AvgIpc) is 3.03. The molecule has 7 heteroatoms. The van der Waals surface area contributed by atoms with E-state index in [1.165, 1.54) is 0 Å². The Morgan fingerprint density at radius 3 is 2.26 bits per heavy atom. The van der Waals surface area contributed by atoms with E-state index in [1.807, 2.05) is 50.2 Å². The average molecular weight is 437 g/mol. The summed E-state index contributed by atoms with van der Waals surface area (Å²) < 4.78 is 32.1. The van der Waals surface area contributed by atoms with Crippen LogP contribution in [0.25, 0.3) is 21.9 Å². The van der Waals surface area contributed by atoms with Crippen LogP contribution in [0, 0.1) is 13.8 Å². The van der Waals surface area contributed by atoms with Crippen LogP contribution < -0.4 is 9.62 Å². The summed E-state index contributed by atoms with van der Waals surface area (Å²) in [7, 11) is -3.69. The van der Waals surface area contributed by atoms with Crippen molar-refractivity contribution in [1.29, 1.82) is 0 Å². The van der Waals surface area contributed by atoms with Crippen molar-refractivity contribution < 1.29 is 17.6 Å². The quantitative estimate of drug-likeness (QED) is 0.478. The highest BCUT2D eigenvalue weighted by molar-refractivity contribution is 7.92. The molecule has 0 bridgehead atoms. The number of nitrogens with one attached hydrogen (secondary N) is 1. The van der Waals surface area contributed by atoms with Crippen LogP contribution in [0.5, 0.6) is 0 Å². The predicted molar refractivity (Wildman–Crippen MR) is 125 cm³/mol. The molecular weight excluding hydrogens is 412 g/mol. The van der Waals surface area contributed by atoms with Gasteiger partial charge in [-0.25, -0.2) is 8.42 Å². The first kappa shape index (κ1) is 20.9. The van der Waals surface area contributed by atoms with Crippen molar-refractivity contribution in [1.82, 2.24) is 0 Å². The first-order valence-corrected chi connectivity index (χ1v) is 11.8. The standard InChI is InChI=1S/C24H24N2O4S/c1-15-11-16(2)13-19(12-15)26(31(4,28)29)17(3)24(27)25-18-9-10-21-20-7-5-6-8-22(20)30-23(21)14-18/h5-14,17H,1-4H3,(H,25,27)/t17-/m1/s1. The van der Waals surface area contributed by atoms with Crippen molar-refractivity contribution in [2.24, 2.45) is 0 Å². The van der Waals surface area contributed by atoms with E-state index in [1.54, 1.807) is 31.2 Å². The molecule has 1 atom stereocenters. The van der Waals surface area contributed by atoms with Crippen molar-refractivity contribution in [3.05, 3.63) is 71.8 Å². The summed E-state index contributed by atoms with van der Waals surface area (Å²) in [5.74, 6) is -0.431. The third-order valence-electron chi connectivity index (χ3n) is 5.20. The third-order valence-corrected chi connectivity index (χ3v) is 6.44. The topological polar surface area (TPSA) is 79.6 Å². The first-order valence-electron chi connectivity index (χ1n) is 9.93. The molecule has 0 unspecified atom stereocenters. The molecule has 0 aliphatic rings. The summed E-state index contributed by atoms with van der Waals surface area (Å²) in [6, 6.07) is 17.7. The molecule has 4 rings (SSSR count). The van der Waals surface area contributed by atoms with Crippen molar-refractivity contribution in [3.8, 4) is 0 Å². The Morgan fingerprint density at radius 2 is 1.58 bits per heavy atom. The lowest BCUT2D eigenvalue weighted by molar-refractivity contribution is -0.116. The molecule has 0 saturated carbocycles. The normalized spacial score (nSPS) is 12.8. The Bertz CT molecular complexity index is 1390. The van der Waals surface area contributed by atoms with Crippen LogP contribution in [0.1, 0.15) is 18.1 Å². The number of hydrogen-bond acceptors (Lipinski definition) is 4. The van der Waals surface area contributed by atoms with E-state index in [-0.39, 0.29) is 0 Å². The second-order valence-electron chi connectivity index (χ2n) is 7.88. The molecule has 0 saturated heterocycles. The number of carbonyl (C=O) groups excluding carboxylic acids is 1. The van der Waals surface area contributed by atoms with Gasteiger partial charge in [-0.15, -0.1) is 0 Å². The van der Waals surface area contributed by atoms with Gasteiger partial charge in [0.2, 0.25) is 15.9 Å². The second-order valence-corrected chi connectivity index (χ2v) is 9.74. The molecule has 3 aromatic carbocycles. The molecular formula is C24H24N2O4S. The minimum atomic E-state index is -3.69. The van der Waals surface area contributed by atoms with Gasteiger partial charge in [-0.3, -0.25) is 9.10 Å². The van der Waals surface area contributed by atoms with Gasteiger partial charge in [0.1, 0.15) is 17.2 Å². The molecule has 0 fully saturated rings. The Kier molecular flexibility index (Phi) is 5.23. The molecule has 0 radical (unpaired) electrons. The van der Waals surface area contributed by atoms with Gasteiger partial charge in [0, 0.05) is 22.5 Å². The predicted octanol–water partition coefficient (Wildman–Crippen LogP) is 5.00. The first-order chi connectivity index (χ1) is 14.6. The summed E-state index contributed by atoms with van der Waals surface area (Å²) in [5.41, 5.74) is 4.28. The summed E-state index contributed by atoms with van der Waals surface area (Å²) in [6.07, 6.45) is 1.11. The second kappa shape index (κ2) is 7.74. The smallest absolute Gasteiger partial charge is 0.247 e. The number of sulfonamides is 1. The number of benzene rings is 3. The van der Waals surface area contributed by atoms with Gasteiger partial charge < -0.3 is 9.73 Å². The van der Waals surface area contributed by atoms with Crippen LogP contribution in [0.4, 0.5) is 11.4 Å². The number of furan rings is 1. The number of carbonyl (C=O) groups is 1. The number of nitrogens with zero attached hydrogens (tertiary/aromatic N) is 1. The van der Waals surface area contributed by atoms with Crippen LogP contribution in [-0.2, 0) is 14.8 Å². The number of aryl methyl sites for hydroxylation is 2. The zero-order valence-corrected chi connectivity index (χ0v) is 18.7. The molecule has 1 aromatic heterocycles. The Labute approximate surface area is 181 Å². The van der Waals surface area contributed by atoms with E-state index in [2.05, 4.69) is 5.32 Å². The minimum absolute atomic E-state index is 0.431. The molecule has 4 aromatic rings. The maximum Gasteiger partial charge on any atom is 0.247 e. The number of rotatable bonds is 5. The van der Waals surface area contributed by atoms with Crippen molar-refractivity contribution >= 4 is 49.2 Å². The van der Waals surface area contributed by atoms with E-state index in [9.17, 15) is 13.2 Å². The zero-order valence-electron chi connectivity index (χ0n) is 17.8. The number of anilines is 2. The molecule has 31 heavy (non-hydrogen) atoms. The lowest BCUT2D eigenvalue weighted by Crippen LogP contribution is -2.45. The number of amides is 1. The Balaban J connectivity index is 1.65. The molecule has 1 amide bonds. The lowest BCUT2D eigenvalue weighted by atomic mass is 10.1. The molecule has 1 N–H and O–H groups in total. The van der Waals surface area contributed by atoms with Crippen molar-refractivity contribution in [2.45, 2.75) is 26.8 Å². The van der Waals surface area contributed by atoms with Gasteiger partial charge in [0.05, 0.1) is 11.9 Å². The SMILES string of the molecule is Cc1cc(C)cc(N([C@H](C)C(=O)Nc2ccc3c(c2)oc2ccccc23)S(C)(=O)=O)c1. The Morgan fingerprint density at radius 1 is 0.935 bits per heavy atom. The largest absolute Gasteiger partial charge is 0.456 e. The van der Waals surface area contributed by atoms with Gasteiger partial charge in [-0.05, 0) is 62.2 Å². The molecule has 160 valence electrons. The fourth-order valence-electron chi connectivity index (χ4n) is 3.94.